The van der Waals surface area contributed by atoms with Gasteiger partial charge in [-0.25, -0.2) is 0 Å². The lowest BCUT2D eigenvalue weighted by atomic mass is 10.3. The SMILES string of the molecule is O=C(CCn1cccn1)NC1C2CNCC21. The van der Waals surface area contributed by atoms with Crippen LogP contribution in [0.1, 0.15) is 6.42 Å². The summed E-state index contributed by atoms with van der Waals surface area (Å²) in [5, 5.41) is 10.5. The van der Waals surface area contributed by atoms with Crippen molar-refractivity contribution in [2.75, 3.05) is 13.1 Å². The smallest absolute Gasteiger partial charge is 0.222 e. The zero-order valence-electron chi connectivity index (χ0n) is 9.10. The fourth-order valence-electron chi connectivity index (χ4n) is 2.54. The Hall–Kier alpha value is -1.36. The summed E-state index contributed by atoms with van der Waals surface area (Å²) in [6, 6.07) is 2.31. The first-order chi connectivity index (χ1) is 7.84. The van der Waals surface area contributed by atoms with Crippen LogP contribution in [0.5, 0.6) is 0 Å². The summed E-state index contributed by atoms with van der Waals surface area (Å²) in [7, 11) is 0. The van der Waals surface area contributed by atoms with Gasteiger partial charge in [0.05, 0.1) is 0 Å². The summed E-state index contributed by atoms with van der Waals surface area (Å²) in [5.41, 5.74) is 0. The van der Waals surface area contributed by atoms with Crippen molar-refractivity contribution in [3.05, 3.63) is 18.5 Å². The van der Waals surface area contributed by atoms with Gasteiger partial charge in [0, 0.05) is 44.5 Å². The van der Waals surface area contributed by atoms with E-state index in [-0.39, 0.29) is 5.91 Å². The number of hydrogen-bond donors (Lipinski definition) is 2. The molecule has 2 aliphatic rings. The highest BCUT2D eigenvalue weighted by molar-refractivity contribution is 5.76. The summed E-state index contributed by atoms with van der Waals surface area (Å²) in [6.45, 7) is 2.79. The summed E-state index contributed by atoms with van der Waals surface area (Å²) in [6.07, 6.45) is 4.13. The first-order valence-electron chi connectivity index (χ1n) is 5.82. The maximum atomic E-state index is 11.6. The number of hydrogen-bond acceptors (Lipinski definition) is 3. The van der Waals surface area contributed by atoms with Crippen molar-refractivity contribution in [2.24, 2.45) is 11.8 Å². The molecule has 3 rings (SSSR count). The number of aryl methyl sites for hydroxylation is 1. The Morgan fingerprint density at radius 1 is 1.50 bits per heavy atom. The molecule has 1 amide bonds. The van der Waals surface area contributed by atoms with Crippen LogP contribution in [-0.4, -0.2) is 34.8 Å². The van der Waals surface area contributed by atoms with Gasteiger partial charge in [-0.3, -0.25) is 9.48 Å². The second-order valence-corrected chi connectivity index (χ2v) is 4.60. The summed E-state index contributed by atoms with van der Waals surface area (Å²) >= 11 is 0. The third-order valence-corrected chi connectivity index (χ3v) is 3.55. The van der Waals surface area contributed by atoms with Gasteiger partial charge >= 0.3 is 0 Å². The van der Waals surface area contributed by atoms with Crippen molar-refractivity contribution in [3.8, 4) is 0 Å². The topological polar surface area (TPSA) is 59.0 Å². The molecule has 2 unspecified atom stereocenters. The molecule has 0 spiro atoms. The molecular weight excluding hydrogens is 204 g/mol. The summed E-state index contributed by atoms with van der Waals surface area (Å²) in [4.78, 5) is 11.6. The average Bonchev–Trinajstić information content (AvgIpc) is 2.80. The van der Waals surface area contributed by atoms with E-state index < -0.39 is 0 Å². The predicted molar refractivity (Wildman–Crippen MR) is 58.6 cm³/mol. The first-order valence-corrected chi connectivity index (χ1v) is 5.82. The van der Waals surface area contributed by atoms with Crippen molar-refractivity contribution in [1.29, 1.82) is 0 Å². The molecule has 1 saturated heterocycles. The van der Waals surface area contributed by atoms with Crippen LogP contribution in [0, 0.1) is 11.8 Å². The zero-order valence-corrected chi connectivity index (χ0v) is 9.10. The molecule has 2 N–H and O–H groups in total. The van der Waals surface area contributed by atoms with Gasteiger partial charge in [-0.2, -0.15) is 5.10 Å². The molecule has 86 valence electrons. The van der Waals surface area contributed by atoms with Gasteiger partial charge in [-0.15, -0.1) is 0 Å². The van der Waals surface area contributed by atoms with E-state index in [2.05, 4.69) is 15.7 Å². The van der Waals surface area contributed by atoms with Crippen LogP contribution < -0.4 is 10.6 Å². The molecule has 2 heterocycles. The predicted octanol–water partition coefficient (Wildman–Crippen LogP) is -0.393. The Labute approximate surface area is 94.2 Å². The fraction of sp³-hybridized carbons (Fsp3) is 0.636. The van der Waals surface area contributed by atoms with Crippen molar-refractivity contribution >= 4 is 5.91 Å². The molecule has 5 nitrogen and oxygen atoms in total. The van der Waals surface area contributed by atoms with Crippen LogP contribution in [0.15, 0.2) is 18.5 Å². The molecule has 2 fully saturated rings. The first kappa shape index (κ1) is 9.84. The third kappa shape index (κ3) is 1.82. The van der Waals surface area contributed by atoms with Crippen LogP contribution in [0.4, 0.5) is 0 Å². The lowest BCUT2D eigenvalue weighted by Crippen LogP contribution is -2.32. The molecule has 1 aliphatic carbocycles. The quantitative estimate of drug-likeness (QED) is 0.726. The summed E-state index contributed by atoms with van der Waals surface area (Å²) in [5.74, 6) is 1.53. The molecule has 0 bridgehead atoms. The van der Waals surface area contributed by atoms with E-state index in [0.717, 1.165) is 13.1 Å². The molecule has 1 saturated carbocycles. The number of carbonyl (C=O) groups excluding carboxylic acids is 1. The second-order valence-electron chi connectivity index (χ2n) is 4.60. The van der Waals surface area contributed by atoms with Crippen LogP contribution in [0.25, 0.3) is 0 Å². The minimum absolute atomic E-state index is 0.148. The van der Waals surface area contributed by atoms with E-state index in [1.54, 1.807) is 10.9 Å². The molecular formula is C11H16N4O. The average molecular weight is 220 g/mol. The number of nitrogens with one attached hydrogen (secondary N) is 2. The molecule has 5 heteroatoms. The van der Waals surface area contributed by atoms with Crippen LogP contribution in [0.3, 0.4) is 0 Å². The Morgan fingerprint density at radius 3 is 3.00 bits per heavy atom. The van der Waals surface area contributed by atoms with Crippen LogP contribution >= 0.6 is 0 Å². The van der Waals surface area contributed by atoms with E-state index in [9.17, 15) is 4.79 Å². The highest BCUT2D eigenvalue weighted by atomic mass is 16.1. The van der Waals surface area contributed by atoms with E-state index in [1.807, 2.05) is 12.3 Å². The molecule has 1 aliphatic heterocycles. The van der Waals surface area contributed by atoms with Gasteiger partial charge in [0.1, 0.15) is 0 Å². The third-order valence-electron chi connectivity index (χ3n) is 3.55. The Morgan fingerprint density at radius 2 is 2.31 bits per heavy atom. The molecule has 1 aromatic rings. The van der Waals surface area contributed by atoms with Gasteiger partial charge in [-0.05, 0) is 17.9 Å². The fourth-order valence-corrected chi connectivity index (χ4v) is 2.54. The van der Waals surface area contributed by atoms with Gasteiger partial charge in [0.25, 0.3) is 0 Å². The van der Waals surface area contributed by atoms with Crippen LogP contribution in [-0.2, 0) is 11.3 Å². The Balaban J connectivity index is 1.41. The number of amides is 1. The van der Waals surface area contributed by atoms with E-state index >= 15 is 0 Å². The largest absolute Gasteiger partial charge is 0.353 e. The Bertz CT molecular complexity index is 365. The lowest BCUT2D eigenvalue weighted by Gasteiger charge is -2.07. The van der Waals surface area contributed by atoms with Crippen molar-refractivity contribution in [3.63, 3.8) is 0 Å². The van der Waals surface area contributed by atoms with Gasteiger partial charge in [0.2, 0.25) is 5.91 Å². The van der Waals surface area contributed by atoms with Crippen LogP contribution in [0.2, 0.25) is 0 Å². The second kappa shape index (κ2) is 3.90. The number of fused-ring (bicyclic) bond motifs is 1. The number of piperidine rings is 1. The maximum Gasteiger partial charge on any atom is 0.222 e. The van der Waals surface area contributed by atoms with E-state index in [0.29, 0.717) is 30.8 Å². The monoisotopic (exact) mass is 220 g/mol. The van der Waals surface area contributed by atoms with Gasteiger partial charge < -0.3 is 10.6 Å². The minimum Gasteiger partial charge on any atom is -0.353 e. The van der Waals surface area contributed by atoms with Crippen molar-refractivity contribution in [1.82, 2.24) is 20.4 Å². The van der Waals surface area contributed by atoms with Crippen molar-refractivity contribution < 1.29 is 4.79 Å². The van der Waals surface area contributed by atoms with Gasteiger partial charge in [0.15, 0.2) is 0 Å². The lowest BCUT2D eigenvalue weighted by molar-refractivity contribution is -0.121. The molecule has 1 aromatic heterocycles. The standard InChI is InChI=1S/C11H16N4O/c16-10(2-5-15-4-1-3-13-15)14-11-8-6-12-7-9(8)11/h1,3-4,8-9,11-12H,2,5-7H2,(H,14,16). The van der Waals surface area contributed by atoms with E-state index in [1.165, 1.54) is 0 Å². The number of carbonyl (C=O) groups is 1. The minimum atomic E-state index is 0.148. The number of nitrogens with zero attached hydrogens (tertiary/aromatic N) is 2. The highest BCUT2D eigenvalue weighted by Crippen LogP contribution is 2.41. The molecule has 0 aromatic carbocycles. The summed E-state index contributed by atoms with van der Waals surface area (Å²) < 4.78 is 1.79. The highest BCUT2D eigenvalue weighted by Gasteiger charge is 2.53. The zero-order chi connectivity index (χ0) is 11.0. The number of aromatic nitrogens is 2. The molecule has 0 radical (unpaired) electrons. The molecule has 16 heavy (non-hydrogen) atoms. The Kier molecular flexibility index (Phi) is 2.40. The maximum absolute atomic E-state index is 11.6. The van der Waals surface area contributed by atoms with Gasteiger partial charge in [-0.1, -0.05) is 0 Å². The molecule has 2 atom stereocenters. The van der Waals surface area contributed by atoms with Crippen molar-refractivity contribution in [2.45, 2.75) is 19.0 Å². The normalized spacial score (nSPS) is 31.1. The van der Waals surface area contributed by atoms with E-state index in [4.69, 9.17) is 0 Å². The number of rotatable bonds is 4.